The van der Waals surface area contributed by atoms with Crippen LogP contribution in [0, 0.1) is 6.92 Å². The fourth-order valence-corrected chi connectivity index (χ4v) is 1.57. The average molecular weight is 198 g/mol. The van der Waals surface area contributed by atoms with E-state index in [1.54, 1.807) is 0 Å². The van der Waals surface area contributed by atoms with Crippen LogP contribution in [-0.4, -0.2) is 6.04 Å². The van der Waals surface area contributed by atoms with E-state index in [1.807, 2.05) is 19.9 Å². The first-order chi connectivity index (χ1) is 6.09. The molecule has 0 aliphatic rings. The molecule has 2 N–H and O–H groups in total. The summed E-state index contributed by atoms with van der Waals surface area (Å²) in [4.78, 5) is 0. The van der Waals surface area contributed by atoms with E-state index < -0.39 is 0 Å². The molecule has 0 saturated carbocycles. The van der Waals surface area contributed by atoms with E-state index >= 15 is 0 Å². The predicted molar refractivity (Wildman–Crippen MR) is 58.2 cm³/mol. The average Bonchev–Trinajstić information content (AvgIpc) is 2.02. The summed E-state index contributed by atoms with van der Waals surface area (Å²) >= 11 is 6.07. The Morgan fingerprint density at radius 2 is 2.15 bits per heavy atom. The zero-order chi connectivity index (χ0) is 9.84. The number of aryl methyl sites for hydroxylation is 2. The van der Waals surface area contributed by atoms with E-state index in [4.69, 9.17) is 17.3 Å². The largest absolute Gasteiger partial charge is 0.328 e. The summed E-state index contributed by atoms with van der Waals surface area (Å²) in [5.41, 5.74) is 8.08. The highest BCUT2D eigenvalue weighted by Gasteiger charge is 2.01. The van der Waals surface area contributed by atoms with Crippen LogP contribution < -0.4 is 5.73 Å². The van der Waals surface area contributed by atoms with Gasteiger partial charge in [-0.05, 0) is 43.9 Å². The van der Waals surface area contributed by atoms with Crippen molar-refractivity contribution in [3.63, 3.8) is 0 Å². The Hall–Kier alpha value is -0.530. The Balaban J connectivity index is 2.67. The lowest BCUT2D eigenvalue weighted by Crippen LogP contribution is -2.15. The molecule has 0 aromatic heterocycles. The molecule has 0 aliphatic heterocycles. The van der Waals surface area contributed by atoms with E-state index in [1.165, 1.54) is 11.1 Å². The first kappa shape index (κ1) is 10.6. The normalized spacial score (nSPS) is 12.9. The van der Waals surface area contributed by atoms with Crippen LogP contribution in [0.2, 0.25) is 5.02 Å². The molecule has 2 heteroatoms. The molecule has 13 heavy (non-hydrogen) atoms. The van der Waals surface area contributed by atoms with Gasteiger partial charge in [0.25, 0.3) is 0 Å². The van der Waals surface area contributed by atoms with Gasteiger partial charge >= 0.3 is 0 Å². The molecule has 1 aromatic carbocycles. The number of benzene rings is 1. The fourth-order valence-electron chi connectivity index (χ4n) is 1.24. The third-order valence-corrected chi connectivity index (χ3v) is 2.43. The number of hydrogen-bond acceptors (Lipinski definition) is 1. The van der Waals surface area contributed by atoms with E-state index in [9.17, 15) is 0 Å². The minimum atomic E-state index is 0.248. The van der Waals surface area contributed by atoms with Gasteiger partial charge in [-0.25, -0.2) is 0 Å². The van der Waals surface area contributed by atoms with Crippen LogP contribution >= 0.6 is 11.6 Å². The topological polar surface area (TPSA) is 26.0 Å². The molecule has 0 spiro atoms. The highest BCUT2D eigenvalue weighted by molar-refractivity contribution is 6.31. The van der Waals surface area contributed by atoms with Gasteiger partial charge in [0.15, 0.2) is 0 Å². The molecule has 0 unspecified atom stereocenters. The zero-order valence-electron chi connectivity index (χ0n) is 8.18. The zero-order valence-corrected chi connectivity index (χ0v) is 8.93. The lowest BCUT2D eigenvalue weighted by Gasteiger charge is -2.07. The Morgan fingerprint density at radius 3 is 2.69 bits per heavy atom. The summed E-state index contributed by atoms with van der Waals surface area (Å²) in [7, 11) is 0. The highest BCUT2D eigenvalue weighted by atomic mass is 35.5. The Labute approximate surface area is 84.9 Å². The van der Waals surface area contributed by atoms with Gasteiger partial charge in [-0.3, -0.25) is 0 Å². The Bertz CT molecular complexity index is 281. The second-order valence-electron chi connectivity index (χ2n) is 3.61. The van der Waals surface area contributed by atoms with Gasteiger partial charge in [-0.1, -0.05) is 23.7 Å². The monoisotopic (exact) mass is 197 g/mol. The Morgan fingerprint density at radius 1 is 1.46 bits per heavy atom. The van der Waals surface area contributed by atoms with Gasteiger partial charge in [0, 0.05) is 11.1 Å². The third-order valence-electron chi connectivity index (χ3n) is 2.08. The van der Waals surface area contributed by atoms with Crippen LogP contribution in [0.1, 0.15) is 24.5 Å². The van der Waals surface area contributed by atoms with Crippen LogP contribution in [-0.2, 0) is 6.42 Å². The molecule has 0 aliphatic carbocycles. The molecule has 1 nitrogen and oxygen atoms in total. The molecule has 1 rings (SSSR count). The van der Waals surface area contributed by atoms with Gasteiger partial charge in [0.05, 0.1) is 0 Å². The molecule has 0 fully saturated rings. The molecule has 1 aromatic rings. The van der Waals surface area contributed by atoms with E-state index in [0.717, 1.165) is 17.9 Å². The molecule has 0 radical (unpaired) electrons. The quantitative estimate of drug-likeness (QED) is 0.793. The molecular formula is C11H16ClN. The Kier molecular flexibility index (Phi) is 3.76. The van der Waals surface area contributed by atoms with E-state index in [0.29, 0.717) is 0 Å². The number of halogens is 1. The first-order valence-corrected chi connectivity index (χ1v) is 4.98. The number of nitrogens with two attached hydrogens (primary N) is 1. The first-order valence-electron chi connectivity index (χ1n) is 4.60. The minimum Gasteiger partial charge on any atom is -0.328 e. The van der Waals surface area contributed by atoms with Crippen LogP contribution in [0.4, 0.5) is 0 Å². The standard InChI is InChI=1S/C11H16ClN/c1-8-3-5-10(11(12)7-8)6-4-9(2)13/h3,5,7,9H,4,6,13H2,1-2H3/t9-/m1/s1. The van der Waals surface area contributed by atoms with Crippen molar-refractivity contribution >= 4 is 11.6 Å². The van der Waals surface area contributed by atoms with Gasteiger partial charge in [-0.15, -0.1) is 0 Å². The van der Waals surface area contributed by atoms with Gasteiger partial charge in [0.2, 0.25) is 0 Å². The molecule has 0 heterocycles. The summed E-state index contributed by atoms with van der Waals surface area (Å²) in [5, 5.41) is 0.862. The van der Waals surface area contributed by atoms with Crippen molar-refractivity contribution in [1.82, 2.24) is 0 Å². The maximum atomic E-state index is 6.07. The van der Waals surface area contributed by atoms with Crippen molar-refractivity contribution in [1.29, 1.82) is 0 Å². The van der Waals surface area contributed by atoms with Gasteiger partial charge < -0.3 is 5.73 Å². The number of rotatable bonds is 3. The van der Waals surface area contributed by atoms with Crippen molar-refractivity contribution in [2.24, 2.45) is 5.73 Å². The van der Waals surface area contributed by atoms with Crippen LogP contribution in [0.25, 0.3) is 0 Å². The van der Waals surface area contributed by atoms with E-state index in [-0.39, 0.29) is 6.04 Å². The summed E-state index contributed by atoms with van der Waals surface area (Å²) in [6.07, 6.45) is 1.96. The van der Waals surface area contributed by atoms with Gasteiger partial charge in [0.1, 0.15) is 0 Å². The summed E-state index contributed by atoms with van der Waals surface area (Å²) < 4.78 is 0. The van der Waals surface area contributed by atoms with Gasteiger partial charge in [-0.2, -0.15) is 0 Å². The molecule has 1 atom stereocenters. The molecular weight excluding hydrogens is 182 g/mol. The van der Waals surface area contributed by atoms with Crippen molar-refractivity contribution in [3.05, 3.63) is 34.3 Å². The lowest BCUT2D eigenvalue weighted by atomic mass is 10.1. The number of hydrogen-bond donors (Lipinski definition) is 1. The van der Waals surface area contributed by atoms with Crippen molar-refractivity contribution in [2.45, 2.75) is 32.7 Å². The third kappa shape index (κ3) is 3.37. The molecule has 72 valence electrons. The summed E-state index contributed by atoms with van der Waals surface area (Å²) in [6.45, 7) is 4.06. The molecule has 0 bridgehead atoms. The summed E-state index contributed by atoms with van der Waals surface area (Å²) in [6, 6.07) is 6.41. The summed E-state index contributed by atoms with van der Waals surface area (Å²) in [5.74, 6) is 0. The molecule has 0 amide bonds. The maximum absolute atomic E-state index is 6.07. The minimum absolute atomic E-state index is 0.248. The van der Waals surface area contributed by atoms with Crippen LogP contribution in [0.5, 0.6) is 0 Å². The van der Waals surface area contributed by atoms with Crippen molar-refractivity contribution in [2.75, 3.05) is 0 Å². The van der Waals surface area contributed by atoms with Crippen LogP contribution in [0.3, 0.4) is 0 Å². The lowest BCUT2D eigenvalue weighted by molar-refractivity contribution is 0.666. The molecule has 0 saturated heterocycles. The van der Waals surface area contributed by atoms with Crippen LogP contribution in [0.15, 0.2) is 18.2 Å². The maximum Gasteiger partial charge on any atom is 0.0440 e. The van der Waals surface area contributed by atoms with Crippen molar-refractivity contribution < 1.29 is 0 Å². The smallest absolute Gasteiger partial charge is 0.0440 e. The van der Waals surface area contributed by atoms with Crippen molar-refractivity contribution in [3.8, 4) is 0 Å². The SMILES string of the molecule is Cc1ccc(CC[C@@H](C)N)c(Cl)c1. The van der Waals surface area contributed by atoms with E-state index in [2.05, 4.69) is 12.1 Å². The second-order valence-corrected chi connectivity index (χ2v) is 4.02. The predicted octanol–water partition coefficient (Wildman–Crippen LogP) is 2.93. The second kappa shape index (κ2) is 4.64. The fraction of sp³-hybridized carbons (Fsp3) is 0.455. The highest BCUT2D eigenvalue weighted by Crippen LogP contribution is 2.19.